The van der Waals surface area contributed by atoms with Gasteiger partial charge >= 0.3 is 67.8 Å². The van der Waals surface area contributed by atoms with Gasteiger partial charge in [-0.1, -0.05) is 0 Å². The summed E-state index contributed by atoms with van der Waals surface area (Å²) in [6.45, 7) is 27.0. The molecule has 2 fully saturated rings. The van der Waals surface area contributed by atoms with Gasteiger partial charge in [-0.05, 0) is 63.2 Å². The van der Waals surface area contributed by atoms with E-state index < -0.39 is 0 Å². The molecule has 0 aromatic carbocycles. The van der Waals surface area contributed by atoms with E-state index in [0.717, 1.165) is 0 Å². The van der Waals surface area contributed by atoms with Crippen molar-refractivity contribution >= 4 is 0 Å². The van der Waals surface area contributed by atoms with E-state index in [-0.39, 0.29) is 42.1 Å². The molecule has 0 aromatic rings. The Morgan fingerprint density at radius 1 is 0.375 bits per heavy atom. The van der Waals surface area contributed by atoms with E-state index >= 15 is 0 Å². The molecule has 2 rings (SSSR count). The Morgan fingerprint density at radius 2 is 0.500 bits per heavy atom. The standard InChI is InChI=1S/C10H8.6CO.2W/c1-2-6-9(5-1)10-7-3-4-8-10;6*1-2;;/h1-8H;;;;;;;;. The van der Waals surface area contributed by atoms with Crippen LogP contribution in [-0.2, 0) is 70.0 Å². The smallest absolute Gasteiger partial charge is 0 e. The van der Waals surface area contributed by atoms with Gasteiger partial charge in [-0.2, -0.15) is 0 Å². The minimum atomic E-state index is 0. The monoisotopic (exact) mass is 664 g/mol. The zero-order valence-corrected chi connectivity index (χ0v) is 17.8. The SMILES string of the molecule is [C-]#[O+].[C-]#[O+].[C-]#[O+].[C-]#[O+].[C-]#[O+].[C-]#[O+].[CH]1[CH][CH][C]([C]2[CH][CH][CH][CH]2)[CH]1.[W].[W]. The van der Waals surface area contributed by atoms with Crippen LogP contribution in [-0.4, -0.2) is 0 Å². The van der Waals surface area contributed by atoms with Gasteiger partial charge in [0, 0.05) is 42.1 Å². The second-order valence-electron chi connectivity index (χ2n) is 2.35. The first kappa shape index (κ1) is 43.8. The van der Waals surface area contributed by atoms with E-state index in [1.807, 2.05) is 0 Å². The minimum Gasteiger partial charge on any atom is -0.0309 e. The van der Waals surface area contributed by atoms with Crippen LogP contribution in [0.3, 0.4) is 0 Å². The minimum absolute atomic E-state index is 0. The molecule has 120 valence electrons. The van der Waals surface area contributed by atoms with Gasteiger partial charge in [0.25, 0.3) is 0 Å². The predicted octanol–water partition coefficient (Wildman–Crippen LogP) is 1.57. The molecule has 0 aromatic heterocycles. The van der Waals surface area contributed by atoms with Gasteiger partial charge < -0.3 is 0 Å². The third-order valence-corrected chi connectivity index (χ3v) is 1.66. The van der Waals surface area contributed by atoms with E-state index in [0.29, 0.717) is 0 Å². The number of rotatable bonds is 1. The molecule has 0 amide bonds. The molecule has 0 unspecified atom stereocenters. The first-order chi connectivity index (χ1) is 11.0. The maximum absolute atomic E-state index is 7.50. The maximum Gasteiger partial charge on any atom is 0 e. The van der Waals surface area contributed by atoms with Gasteiger partial charge in [0.05, 0.1) is 0 Å². The molecule has 0 aliphatic heterocycles. The molecule has 2 aliphatic carbocycles. The average molecular weight is 664 g/mol. The van der Waals surface area contributed by atoms with Crippen LogP contribution in [0.1, 0.15) is 0 Å². The third kappa shape index (κ3) is 29.8. The molecule has 2 aliphatic rings. The summed E-state index contributed by atoms with van der Waals surface area (Å²) < 4.78 is 45.0. The normalized spacial score (nSPS) is 13.0. The Labute approximate surface area is 172 Å². The molecule has 0 N–H and O–H groups in total. The molecule has 10 radical (unpaired) electrons. The number of hydrogen-bond donors (Lipinski definition) is 0. The fraction of sp³-hybridized carbons (Fsp3) is 0. The third-order valence-electron chi connectivity index (χ3n) is 1.66. The zero-order chi connectivity index (χ0) is 18.8. The molecular weight excluding hydrogens is 656 g/mol. The number of hydrogen-bond acceptors (Lipinski definition) is 0. The maximum atomic E-state index is 7.50. The molecule has 0 bridgehead atoms. The van der Waals surface area contributed by atoms with Crippen molar-refractivity contribution in [3.05, 3.63) is 103 Å². The van der Waals surface area contributed by atoms with Crippen molar-refractivity contribution in [3.8, 4) is 0 Å². The molecule has 0 atom stereocenters. The van der Waals surface area contributed by atoms with Gasteiger partial charge in [-0.3, -0.25) is 0 Å². The molecule has 0 saturated heterocycles. The molecular formula is C16H8O6W2. The van der Waals surface area contributed by atoms with Gasteiger partial charge in [-0.15, -0.1) is 0 Å². The molecule has 2 saturated carbocycles. The van der Waals surface area contributed by atoms with Crippen LogP contribution < -0.4 is 0 Å². The van der Waals surface area contributed by atoms with Gasteiger partial charge in [0.15, 0.2) is 0 Å². The Bertz CT molecular complexity index is 247. The van der Waals surface area contributed by atoms with Crippen LogP contribution in [0.15, 0.2) is 0 Å². The molecule has 0 spiro atoms. The summed E-state index contributed by atoms with van der Waals surface area (Å²) in [5.74, 6) is 2.62. The van der Waals surface area contributed by atoms with Crippen molar-refractivity contribution < 1.29 is 70.0 Å². The summed E-state index contributed by atoms with van der Waals surface area (Å²) in [5, 5.41) is 0. The predicted molar refractivity (Wildman–Crippen MR) is 64.5 cm³/mol. The van der Waals surface area contributed by atoms with Crippen molar-refractivity contribution in [1.29, 1.82) is 0 Å². The van der Waals surface area contributed by atoms with E-state index in [1.165, 1.54) is 11.8 Å². The van der Waals surface area contributed by atoms with E-state index in [1.54, 1.807) is 0 Å². The van der Waals surface area contributed by atoms with Crippen molar-refractivity contribution in [2.75, 3.05) is 0 Å². The molecule has 8 heteroatoms. The fourth-order valence-electron chi connectivity index (χ4n) is 1.13. The first-order valence-electron chi connectivity index (χ1n) is 4.63. The Hall–Kier alpha value is -0.183. The van der Waals surface area contributed by atoms with E-state index in [9.17, 15) is 0 Å². The van der Waals surface area contributed by atoms with Crippen molar-refractivity contribution in [1.82, 2.24) is 0 Å². The van der Waals surface area contributed by atoms with Crippen LogP contribution in [0.25, 0.3) is 0 Å². The zero-order valence-electron chi connectivity index (χ0n) is 11.9. The van der Waals surface area contributed by atoms with Crippen LogP contribution >= 0.6 is 0 Å². The Kier molecular flexibility index (Phi) is 104. The van der Waals surface area contributed by atoms with Gasteiger partial charge in [0.1, 0.15) is 0 Å². The largest absolute Gasteiger partial charge is 0.0309 e. The summed E-state index contributed by atoms with van der Waals surface area (Å²) in [6.07, 6.45) is 16.7. The van der Waals surface area contributed by atoms with E-state index in [2.05, 4.69) is 91.3 Å². The van der Waals surface area contributed by atoms with Crippen molar-refractivity contribution in [2.45, 2.75) is 0 Å². The molecule has 0 heterocycles. The van der Waals surface area contributed by atoms with Crippen molar-refractivity contribution in [2.24, 2.45) is 0 Å². The van der Waals surface area contributed by atoms with Gasteiger partial charge in [0.2, 0.25) is 0 Å². The van der Waals surface area contributed by atoms with Crippen LogP contribution in [0.4, 0.5) is 0 Å². The molecule has 24 heavy (non-hydrogen) atoms. The summed E-state index contributed by atoms with van der Waals surface area (Å²) in [5.41, 5.74) is 0. The van der Waals surface area contributed by atoms with E-state index in [4.69, 9.17) is 27.9 Å². The van der Waals surface area contributed by atoms with Crippen molar-refractivity contribution in [3.63, 3.8) is 0 Å². The Balaban J connectivity index is -0.0000000360. The summed E-state index contributed by atoms with van der Waals surface area (Å²) in [6, 6.07) is 0. The Morgan fingerprint density at radius 3 is 0.625 bits per heavy atom. The summed E-state index contributed by atoms with van der Waals surface area (Å²) >= 11 is 0. The average Bonchev–Trinajstić information content (AvgIpc) is 3.39. The molecule has 6 nitrogen and oxygen atoms in total. The second kappa shape index (κ2) is 56.9. The second-order valence-corrected chi connectivity index (χ2v) is 2.35. The quantitative estimate of drug-likeness (QED) is 0.299. The van der Waals surface area contributed by atoms with Gasteiger partial charge in [-0.25, -0.2) is 0 Å². The first-order valence-corrected chi connectivity index (χ1v) is 4.63. The fourth-order valence-corrected chi connectivity index (χ4v) is 1.13. The summed E-state index contributed by atoms with van der Waals surface area (Å²) in [7, 11) is 0. The van der Waals surface area contributed by atoms with Crippen LogP contribution in [0.2, 0.25) is 0 Å². The topological polar surface area (TPSA) is 119 Å². The summed E-state index contributed by atoms with van der Waals surface area (Å²) in [4.78, 5) is 0. The van der Waals surface area contributed by atoms with Crippen LogP contribution in [0.5, 0.6) is 0 Å². The van der Waals surface area contributed by atoms with Crippen LogP contribution in [0, 0.1) is 103 Å².